The van der Waals surface area contributed by atoms with Crippen molar-refractivity contribution >= 4 is 17.4 Å². The summed E-state index contributed by atoms with van der Waals surface area (Å²) in [5.41, 5.74) is 0.936. The van der Waals surface area contributed by atoms with Gasteiger partial charge < -0.3 is 24.6 Å². The molecule has 2 aromatic carbocycles. The van der Waals surface area contributed by atoms with Crippen molar-refractivity contribution in [2.45, 2.75) is 52.4 Å². The van der Waals surface area contributed by atoms with E-state index < -0.39 is 17.7 Å². The van der Waals surface area contributed by atoms with Gasteiger partial charge in [-0.25, -0.2) is 0 Å². The Morgan fingerprint density at radius 1 is 1.03 bits per heavy atom. The summed E-state index contributed by atoms with van der Waals surface area (Å²) >= 11 is 0. The Kier molecular flexibility index (Phi) is 7.76. The molecule has 176 valence electrons. The van der Waals surface area contributed by atoms with Crippen LogP contribution in [0.3, 0.4) is 0 Å². The topological polar surface area (TPSA) is 96.3 Å². The maximum atomic E-state index is 13.0. The monoisotopic (exact) mass is 453 g/mol. The maximum Gasteiger partial charge on any atom is 0.295 e. The van der Waals surface area contributed by atoms with E-state index >= 15 is 0 Å². The molecule has 1 atom stereocenters. The second-order valence-corrected chi connectivity index (χ2v) is 8.55. The van der Waals surface area contributed by atoms with Crippen LogP contribution < -0.4 is 4.74 Å². The number of phenolic OH excluding ortho intramolecular Hbond substituents is 1. The Morgan fingerprint density at radius 3 is 2.33 bits per heavy atom. The van der Waals surface area contributed by atoms with Crippen molar-refractivity contribution in [1.82, 2.24) is 4.90 Å². The van der Waals surface area contributed by atoms with Gasteiger partial charge in [0.05, 0.1) is 23.8 Å². The van der Waals surface area contributed by atoms with Gasteiger partial charge in [-0.3, -0.25) is 9.59 Å². The predicted octanol–water partition coefficient (Wildman–Crippen LogP) is 4.42. The zero-order chi connectivity index (χ0) is 24.1. The first-order chi connectivity index (χ1) is 15.7. The molecule has 1 aliphatic rings. The maximum absolute atomic E-state index is 13.0. The van der Waals surface area contributed by atoms with E-state index in [4.69, 9.17) is 9.47 Å². The summed E-state index contributed by atoms with van der Waals surface area (Å²) < 4.78 is 11.2. The number of carbonyl (C=O) groups excluding carboxylic acids is 2. The molecule has 1 saturated heterocycles. The molecule has 0 saturated carbocycles. The molecular weight excluding hydrogens is 422 g/mol. The number of carbonyl (C=O) groups is 2. The van der Waals surface area contributed by atoms with Gasteiger partial charge >= 0.3 is 0 Å². The molecule has 0 spiro atoms. The fourth-order valence-corrected chi connectivity index (χ4v) is 3.83. The largest absolute Gasteiger partial charge is 0.508 e. The molecule has 7 heteroatoms. The van der Waals surface area contributed by atoms with Crippen molar-refractivity contribution in [3.8, 4) is 11.5 Å². The van der Waals surface area contributed by atoms with Gasteiger partial charge in [0.25, 0.3) is 11.7 Å². The number of hydrogen-bond donors (Lipinski definition) is 2. The second kappa shape index (κ2) is 10.5. The van der Waals surface area contributed by atoms with Gasteiger partial charge in [0.15, 0.2) is 0 Å². The fourth-order valence-electron chi connectivity index (χ4n) is 3.83. The van der Waals surface area contributed by atoms with Crippen LogP contribution in [0.25, 0.3) is 5.76 Å². The van der Waals surface area contributed by atoms with Gasteiger partial charge in [0.1, 0.15) is 17.3 Å². The van der Waals surface area contributed by atoms with E-state index in [1.165, 1.54) is 17.0 Å². The van der Waals surface area contributed by atoms with Crippen LogP contribution in [0, 0.1) is 0 Å². The average Bonchev–Trinajstić information content (AvgIpc) is 3.01. The summed E-state index contributed by atoms with van der Waals surface area (Å²) in [6.45, 7) is 8.39. The van der Waals surface area contributed by atoms with Crippen LogP contribution >= 0.6 is 0 Å². The van der Waals surface area contributed by atoms with Gasteiger partial charge in [0, 0.05) is 18.7 Å². The van der Waals surface area contributed by atoms with Gasteiger partial charge in [-0.05, 0) is 76.1 Å². The molecule has 1 aliphatic heterocycles. The number of Topliss-reactive ketones (excluding diaryl/α,β-unsaturated/α-hetero) is 1. The Hall–Kier alpha value is -3.32. The van der Waals surface area contributed by atoms with E-state index in [2.05, 4.69) is 0 Å². The Bertz CT molecular complexity index is 1030. The van der Waals surface area contributed by atoms with E-state index in [0.29, 0.717) is 29.9 Å². The number of aliphatic hydroxyl groups excluding tert-OH is 1. The van der Waals surface area contributed by atoms with Crippen LogP contribution in [-0.2, 0) is 14.3 Å². The summed E-state index contributed by atoms with van der Waals surface area (Å²) in [5, 5.41) is 21.1. The predicted molar refractivity (Wildman–Crippen MR) is 125 cm³/mol. The van der Waals surface area contributed by atoms with Gasteiger partial charge in [-0.2, -0.15) is 0 Å². The SMILES string of the molecule is CC(C)OCCCN1C(=O)C(=O)/C(=C(\O)c2ccc(OC(C)C)cc2)C1c1cccc(O)c1. The van der Waals surface area contributed by atoms with Crippen LogP contribution in [0.1, 0.15) is 51.3 Å². The van der Waals surface area contributed by atoms with E-state index in [1.54, 1.807) is 36.4 Å². The van der Waals surface area contributed by atoms with Gasteiger partial charge in [-0.15, -0.1) is 0 Å². The Balaban J connectivity index is 2.00. The molecule has 3 rings (SSSR count). The van der Waals surface area contributed by atoms with Crippen LogP contribution in [0.4, 0.5) is 0 Å². The van der Waals surface area contributed by atoms with Crippen molar-refractivity contribution in [2.24, 2.45) is 0 Å². The third-order valence-corrected chi connectivity index (χ3v) is 5.22. The lowest BCUT2D eigenvalue weighted by Crippen LogP contribution is -2.31. The fraction of sp³-hybridized carbons (Fsp3) is 0.385. The van der Waals surface area contributed by atoms with E-state index in [0.717, 1.165) is 0 Å². The lowest BCUT2D eigenvalue weighted by molar-refractivity contribution is -0.140. The molecule has 7 nitrogen and oxygen atoms in total. The standard InChI is InChI=1S/C26H31NO6/c1-16(2)32-14-6-13-27-23(19-7-5-8-20(28)15-19)22(25(30)26(27)31)24(29)18-9-11-21(12-10-18)33-17(3)4/h5,7-12,15-17,23,28-29H,6,13-14H2,1-4H3/b24-22-. The highest BCUT2D eigenvalue weighted by Gasteiger charge is 2.45. The minimum atomic E-state index is -0.817. The molecular formula is C26H31NO6. The van der Waals surface area contributed by atoms with E-state index in [-0.39, 0.29) is 35.8 Å². The molecule has 2 aromatic rings. The lowest BCUT2D eigenvalue weighted by Gasteiger charge is -2.25. The van der Waals surface area contributed by atoms with Crippen molar-refractivity contribution in [1.29, 1.82) is 0 Å². The summed E-state index contributed by atoms with van der Waals surface area (Å²) in [7, 11) is 0. The van der Waals surface area contributed by atoms with Crippen molar-refractivity contribution in [3.05, 3.63) is 65.2 Å². The summed E-state index contributed by atoms with van der Waals surface area (Å²) in [6, 6.07) is 12.3. The molecule has 33 heavy (non-hydrogen) atoms. The smallest absolute Gasteiger partial charge is 0.295 e. The average molecular weight is 454 g/mol. The van der Waals surface area contributed by atoms with E-state index in [9.17, 15) is 19.8 Å². The highest BCUT2D eigenvalue weighted by atomic mass is 16.5. The number of phenols is 1. The Morgan fingerprint density at radius 2 is 1.73 bits per heavy atom. The number of amides is 1. The molecule has 1 unspecified atom stereocenters. The zero-order valence-electron chi connectivity index (χ0n) is 19.4. The van der Waals surface area contributed by atoms with Crippen LogP contribution in [0.2, 0.25) is 0 Å². The number of aromatic hydroxyl groups is 1. The second-order valence-electron chi connectivity index (χ2n) is 8.55. The molecule has 1 fully saturated rings. The number of nitrogens with zero attached hydrogens (tertiary/aromatic N) is 1. The van der Waals surface area contributed by atoms with Crippen LogP contribution in [0.15, 0.2) is 54.1 Å². The molecule has 2 N–H and O–H groups in total. The number of ether oxygens (including phenoxy) is 2. The number of likely N-dealkylation sites (tertiary alicyclic amines) is 1. The molecule has 0 bridgehead atoms. The third-order valence-electron chi connectivity index (χ3n) is 5.22. The molecule has 1 amide bonds. The number of rotatable bonds is 9. The molecule has 0 aliphatic carbocycles. The van der Waals surface area contributed by atoms with Crippen molar-refractivity contribution < 1.29 is 29.3 Å². The molecule has 0 radical (unpaired) electrons. The number of benzene rings is 2. The first-order valence-corrected chi connectivity index (χ1v) is 11.1. The number of ketones is 1. The molecule has 1 heterocycles. The number of aliphatic hydroxyl groups is 1. The van der Waals surface area contributed by atoms with Crippen molar-refractivity contribution in [2.75, 3.05) is 13.2 Å². The highest BCUT2D eigenvalue weighted by molar-refractivity contribution is 6.46. The summed E-state index contributed by atoms with van der Waals surface area (Å²) in [6.07, 6.45) is 0.590. The normalized spacial score (nSPS) is 17.9. The van der Waals surface area contributed by atoms with Crippen LogP contribution in [0.5, 0.6) is 11.5 Å². The highest BCUT2D eigenvalue weighted by Crippen LogP contribution is 2.40. The van der Waals surface area contributed by atoms with Crippen molar-refractivity contribution in [3.63, 3.8) is 0 Å². The first kappa shape index (κ1) is 24.3. The van der Waals surface area contributed by atoms with Gasteiger partial charge in [0.2, 0.25) is 0 Å². The lowest BCUT2D eigenvalue weighted by atomic mass is 9.95. The minimum absolute atomic E-state index is 0.000190. The van der Waals surface area contributed by atoms with Crippen LogP contribution in [-0.4, -0.2) is 52.2 Å². The van der Waals surface area contributed by atoms with Gasteiger partial charge in [-0.1, -0.05) is 12.1 Å². The zero-order valence-corrected chi connectivity index (χ0v) is 19.4. The third kappa shape index (κ3) is 5.73. The first-order valence-electron chi connectivity index (χ1n) is 11.1. The molecule has 0 aromatic heterocycles. The summed E-state index contributed by atoms with van der Waals surface area (Å²) in [5.74, 6) is -1.06. The Labute approximate surface area is 194 Å². The minimum Gasteiger partial charge on any atom is -0.508 e. The number of hydrogen-bond acceptors (Lipinski definition) is 6. The summed E-state index contributed by atoms with van der Waals surface area (Å²) in [4.78, 5) is 27.4. The quantitative estimate of drug-likeness (QED) is 0.253. The van der Waals surface area contributed by atoms with E-state index in [1.807, 2.05) is 27.7 Å².